The van der Waals surface area contributed by atoms with Crippen molar-refractivity contribution in [3.63, 3.8) is 0 Å². The van der Waals surface area contributed by atoms with Crippen LogP contribution in [0.4, 0.5) is 4.79 Å². The number of amides is 2. The van der Waals surface area contributed by atoms with Crippen LogP contribution in [0.15, 0.2) is 78.0 Å². The van der Waals surface area contributed by atoms with Crippen LogP contribution in [0.5, 0.6) is 0 Å². The number of rotatable bonds is 9. The van der Waals surface area contributed by atoms with Crippen molar-refractivity contribution >= 4 is 29.1 Å². The fourth-order valence-electron chi connectivity index (χ4n) is 2.61. The summed E-state index contributed by atoms with van der Waals surface area (Å²) >= 11 is 5.80. The van der Waals surface area contributed by atoms with Gasteiger partial charge in [-0.3, -0.25) is 9.79 Å². The van der Waals surface area contributed by atoms with Crippen LogP contribution >= 0.6 is 11.6 Å². The van der Waals surface area contributed by atoms with E-state index in [-0.39, 0.29) is 11.8 Å². The molecule has 7 heteroatoms. The van der Waals surface area contributed by atoms with E-state index in [2.05, 4.69) is 27.5 Å². The molecular formula is C30H45ClN4O2. The third-order valence-corrected chi connectivity index (χ3v) is 4.69. The van der Waals surface area contributed by atoms with E-state index < -0.39 is 0 Å². The van der Waals surface area contributed by atoms with E-state index in [1.54, 1.807) is 20.0 Å². The van der Waals surface area contributed by atoms with Gasteiger partial charge in [-0.2, -0.15) is 0 Å². The van der Waals surface area contributed by atoms with Crippen LogP contribution in [-0.4, -0.2) is 31.1 Å². The van der Waals surface area contributed by atoms with Crippen molar-refractivity contribution in [3.8, 4) is 0 Å². The molecule has 0 aromatic heterocycles. The number of aryl methyl sites for hydroxylation is 1. The maximum Gasteiger partial charge on any atom is 0.315 e. The lowest BCUT2D eigenvalue weighted by Crippen LogP contribution is -2.34. The topological polar surface area (TPSA) is 82.6 Å². The number of urea groups is 1. The SMILES string of the molecule is C=CN=C(C)/C=C(\C)C(=O)CNC.CC.CC.Cc1ccc(CNC(=O)NCc2ccc(Cl)cc2)cc1. The van der Waals surface area contributed by atoms with Crippen molar-refractivity contribution in [2.45, 2.75) is 61.6 Å². The summed E-state index contributed by atoms with van der Waals surface area (Å²) in [6.07, 6.45) is 3.21. The molecule has 0 aliphatic rings. The van der Waals surface area contributed by atoms with E-state index in [1.807, 2.05) is 90.1 Å². The maximum absolute atomic E-state index is 11.7. The minimum absolute atomic E-state index is 0.0844. The van der Waals surface area contributed by atoms with Crippen molar-refractivity contribution in [2.75, 3.05) is 13.6 Å². The minimum Gasteiger partial charge on any atom is -0.334 e. The zero-order valence-corrected chi connectivity index (χ0v) is 24.5. The van der Waals surface area contributed by atoms with Gasteiger partial charge >= 0.3 is 6.03 Å². The molecule has 0 atom stereocenters. The number of carbonyl (C=O) groups excluding carboxylic acids is 2. The minimum atomic E-state index is -0.180. The molecule has 0 saturated carbocycles. The smallest absolute Gasteiger partial charge is 0.315 e. The molecule has 2 aromatic carbocycles. The van der Waals surface area contributed by atoms with Crippen molar-refractivity contribution in [1.29, 1.82) is 0 Å². The third kappa shape index (κ3) is 18.7. The van der Waals surface area contributed by atoms with Gasteiger partial charge in [-0.05, 0) is 62.7 Å². The Hall–Kier alpha value is -3.22. The average Bonchev–Trinajstić information content (AvgIpc) is 2.91. The van der Waals surface area contributed by atoms with Gasteiger partial charge in [0.2, 0.25) is 0 Å². The number of nitrogens with zero attached hydrogens (tertiary/aromatic N) is 1. The molecule has 6 nitrogen and oxygen atoms in total. The highest BCUT2D eigenvalue weighted by Crippen LogP contribution is 2.09. The lowest BCUT2D eigenvalue weighted by Gasteiger charge is -2.08. The number of halogens is 1. The Morgan fingerprint density at radius 2 is 1.35 bits per heavy atom. The summed E-state index contributed by atoms with van der Waals surface area (Å²) in [6, 6.07) is 15.3. The number of likely N-dealkylation sites (N-methyl/N-ethyl adjacent to an activating group) is 1. The first-order valence-corrected chi connectivity index (χ1v) is 13.0. The molecule has 2 rings (SSSR count). The van der Waals surface area contributed by atoms with Crippen LogP contribution in [0.3, 0.4) is 0 Å². The van der Waals surface area contributed by atoms with Gasteiger partial charge in [0.25, 0.3) is 0 Å². The number of hydrogen-bond donors (Lipinski definition) is 3. The fourth-order valence-corrected chi connectivity index (χ4v) is 2.74. The summed E-state index contributed by atoms with van der Waals surface area (Å²) in [6.45, 7) is 18.5. The van der Waals surface area contributed by atoms with Gasteiger partial charge in [0, 0.05) is 30.0 Å². The van der Waals surface area contributed by atoms with Gasteiger partial charge in [-0.15, -0.1) is 0 Å². The number of aliphatic imine (C=N–C) groups is 1. The van der Waals surface area contributed by atoms with E-state index in [1.165, 1.54) is 11.8 Å². The summed E-state index contributed by atoms with van der Waals surface area (Å²) in [5, 5.41) is 9.13. The molecule has 0 aliphatic carbocycles. The van der Waals surface area contributed by atoms with Crippen LogP contribution in [0.1, 0.15) is 58.2 Å². The van der Waals surface area contributed by atoms with Crippen LogP contribution < -0.4 is 16.0 Å². The predicted octanol–water partition coefficient (Wildman–Crippen LogP) is 7.03. The fraction of sp³-hybridized carbons (Fsp3) is 0.367. The second kappa shape index (κ2) is 23.2. The molecule has 204 valence electrons. The highest BCUT2D eigenvalue weighted by atomic mass is 35.5. The quantitative estimate of drug-likeness (QED) is 0.241. The number of carbonyl (C=O) groups is 2. The average molecular weight is 529 g/mol. The lowest BCUT2D eigenvalue weighted by molar-refractivity contribution is -0.114. The van der Waals surface area contributed by atoms with E-state index in [9.17, 15) is 9.59 Å². The number of ketones is 1. The summed E-state index contributed by atoms with van der Waals surface area (Å²) in [4.78, 5) is 26.9. The molecule has 2 amide bonds. The molecule has 0 bridgehead atoms. The molecule has 0 saturated heterocycles. The Bertz CT molecular complexity index is 915. The summed E-state index contributed by atoms with van der Waals surface area (Å²) < 4.78 is 0. The van der Waals surface area contributed by atoms with E-state index in [4.69, 9.17) is 11.6 Å². The zero-order valence-electron chi connectivity index (χ0n) is 23.7. The highest BCUT2D eigenvalue weighted by Gasteiger charge is 2.02. The molecular weight excluding hydrogens is 484 g/mol. The second-order valence-corrected chi connectivity index (χ2v) is 7.82. The number of allylic oxidation sites excluding steroid dienone is 1. The van der Waals surface area contributed by atoms with E-state index >= 15 is 0 Å². The Balaban J connectivity index is 0. The number of hydrogen-bond acceptors (Lipinski definition) is 4. The Morgan fingerprint density at radius 3 is 1.78 bits per heavy atom. The molecule has 0 fully saturated rings. The van der Waals surface area contributed by atoms with Crippen LogP contribution in [0.2, 0.25) is 5.02 Å². The molecule has 2 aromatic rings. The predicted molar refractivity (Wildman–Crippen MR) is 160 cm³/mol. The third-order valence-electron chi connectivity index (χ3n) is 4.44. The first-order chi connectivity index (χ1) is 17.7. The second-order valence-electron chi connectivity index (χ2n) is 7.38. The van der Waals surface area contributed by atoms with Crippen molar-refractivity contribution in [2.24, 2.45) is 4.99 Å². The molecule has 0 aliphatic heterocycles. The Kier molecular flexibility index (Phi) is 22.5. The van der Waals surface area contributed by atoms with E-state index in [0.717, 1.165) is 16.8 Å². The van der Waals surface area contributed by atoms with Gasteiger partial charge in [0.1, 0.15) is 0 Å². The van der Waals surface area contributed by atoms with Gasteiger partial charge in [-0.25, -0.2) is 4.79 Å². The van der Waals surface area contributed by atoms with Crippen molar-refractivity contribution in [3.05, 3.63) is 94.7 Å². The van der Waals surface area contributed by atoms with Gasteiger partial charge < -0.3 is 16.0 Å². The molecule has 0 radical (unpaired) electrons. The lowest BCUT2D eigenvalue weighted by atomic mass is 10.1. The number of nitrogens with one attached hydrogen (secondary N) is 3. The molecule has 0 unspecified atom stereocenters. The van der Waals surface area contributed by atoms with Crippen molar-refractivity contribution in [1.82, 2.24) is 16.0 Å². The van der Waals surface area contributed by atoms with Gasteiger partial charge in [0.05, 0.1) is 6.54 Å². The zero-order chi connectivity index (χ0) is 28.6. The van der Waals surface area contributed by atoms with Gasteiger partial charge in [-0.1, -0.05) is 87.8 Å². The summed E-state index contributed by atoms with van der Waals surface area (Å²) in [5.41, 5.74) is 4.80. The standard InChI is InChI=1S/C16H17ClN2O.C10H16N2O.2C2H6/c1-12-2-4-13(5-3-12)10-18-16(20)19-11-14-6-8-15(17)9-7-14;1-5-12-9(3)6-8(2)10(13)7-11-4;2*1-2/h2-9H,10-11H2,1H3,(H2,18,19,20);5-6,11H,1,7H2,2-4H3;2*1-2H3/b;8-6+,12-9?;;. The molecule has 3 N–H and O–H groups in total. The monoisotopic (exact) mass is 528 g/mol. The van der Waals surface area contributed by atoms with Crippen LogP contribution in [0.25, 0.3) is 0 Å². The summed E-state index contributed by atoms with van der Waals surface area (Å²) in [5.74, 6) is 0.0844. The number of Topliss-reactive ketones (excluding diaryl/α,β-unsaturated/α-hetero) is 1. The van der Waals surface area contributed by atoms with E-state index in [0.29, 0.717) is 30.2 Å². The molecule has 0 heterocycles. The largest absolute Gasteiger partial charge is 0.334 e. The van der Waals surface area contributed by atoms with Gasteiger partial charge in [0.15, 0.2) is 5.78 Å². The Labute approximate surface area is 229 Å². The molecule has 37 heavy (non-hydrogen) atoms. The van der Waals surface area contributed by atoms with Crippen LogP contribution in [0, 0.1) is 6.92 Å². The first kappa shape index (κ1) is 35.9. The number of benzene rings is 2. The van der Waals surface area contributed by atoms with Crippen molar-refractivity contribution < 1.29 is 9.59 Å². The molecule has 0 spiro atoms. The normalized spacial score (nSPS) is 10.3. The first-order valence-electron chi connectivity index (χ1n) is 12.6. The Morgan fingerprint density at radius 1 is 0.892 bits per heavy atom. The highest BCUT2D eigenvalue weighted by molar-refractivity contribution is 6.30. The van der Waals surface area contributed by atoms with Crippen LogP contribution in [-0.2, 0) is 17.9 Å². The maximum atomic E-state index is 11.7. The summed E-state index contributed by atoms with van der Waals surface area (Å²) in [7, 11) is 1.75.